The van der Waals surface area contributed by atoms with Gasteiger partial charge >= 0.3 is 6.01 Å². The molecule has 196 valence electrons. The minimum Gasteiger partial charge on any atom is -0.463 e. The second-order valence-corrected chi connectivity index (χ2v) is 11.0. The first-order valence-electron chi connectivity index (χ1n) is 13.4. The molecular weight excluding hydrogens is 513 g/mol. The fourth-order valence-corrected chi connectivity index (χ4v) is 6.48. The van der Waals surface area contributed by atoms with Gasteiger partial charge in [0, 0.05) is 54.1 Å². The number of nitrogens with zero attached hydrogens (tertiary/aromatic N) is 5. The normalized spacial score (nSPS) is 18.7. The van der Waals surface area contributed by atoms with Gasteiger partial charge in [0.25, 0.3) is 0 Å². The van der Waals surface area contributed by atoms with Gasteiger partial charge in [0.05, 0.1) is 12.0 Å². The van der Waals surface area contributed by atoms with Gasteiger partial charge in [0.15, 0.2) is 5.82 Å². The SMILES string of the molecule is Fc1c(-c2cccc3cccc(Cl)c23)ncc2c(N3CC4CCC(C4)C3)nc(OCCc3cccnc3)nc12. The van der Waals surface area contributed by atoms with Gasteiger partial charge in [-0.1, -0.05) is 48.0 Å². The molecule has 5 aromatic rings. The molecule has 1 aliphatic heterocycles. The summed E-state index contributed by atoms with van der Waals surface area (Å²) >= 11 is 6.57. The van der Waals surface area contributed by atoms with Crippen molar-refractivity contribution in [3.63, 3.8) is 0 Å². The van der Waals surface area contributed by atoms with Crippen LogP contribution in [0.3, 0.4) is 0 Å². The first-order valence-corrected chi connectivity index (χ1v) is 13.8. The molecule has 2 bridgehead atoms. The van der Waals surface area contributed by atoms with E-state index in [-0.39, 0.29) is 17.2 Å². The van der Waals surface area contributed by atoms with E-state index in [0.29, 0.717) is 46.7 Å². The van der Waals surface area contributed by atoms with E-state index in [0.717, 1.165) is 29.4 Å². The van der Waals surface area contributed by atoms with E-state index in [2.05, 4.69) is 19.9 Å². The lowest BCUT2D eigenvalue weighted by atomic mass is 9.98. The predicted molar refractivity (Wildman–Crippen MR) is 152 cm³/mol. The number of hydrogen-bond acceptors (Lipinski definition) is 6. The highest BCUT2D eigenvalue weighted by atomic mass is 35.5. The van der Waals surface area contributed by atoms with Gasteiger partial charge in [-0.2, -0.15) is 9.97 Å². The largest absolute Gasteiger partial charge is 0.463 e. The van der Waals surface area contributed by atoms with E-state index in [4.69, 9.17) is 21.3 Å². The number of ether oxygens (including phenoxy) is 1. The molecule has 39 heavy (non-hydrogen) atoms. The van der Waals surface area contributed by atoms with Crippen molar-refractivity contribution in [1.82, 2.24) is 19.9 Å². The Labute approximate surface area is 230 Å². The summed E-state index contributed by atoms with van der Waals surface area (Å²) in [6.45, 7) is 2.17. The predicted octanol–water partition coefficient (Wildman–Crippen LogP) is 6.89. The van der Waals surface area contributed by atoms with Crippen LogP contribution in [0, 0.1) is 17.7 Å². The Morgan fingerprint density at radius 1 is 0.974 bits per heavy atom. The molecule has 8 heteroatoms. The molecule has 0 amide bonds. The Morgan fingerprint density at radius 3 is 2.59 bits per heavy atom. The molecule has 1 saturated carbocycles. The van der Waals surface area contributed by atoms with Crippen molar-refractivity contribution in [2.45, 2.75) is 25.7 Å². The van der Waals surface area contributed by atoms with Gasteiger partial charge in [-0.05, 0) is 54.2 Å². The Morgan fingerprint density at radius 2 is 1.79 bits per heavy atom. The third kappa shape index (κ3) is 4.55. The van der Waals surface area contributed by atoms with E-state index < -0.39 is 5.82 Å². The molecule has 0 radical (unpaired) electrons. The van der Waals surface area contributed by atoms with Crippen molar-refractivity contribution in [3.05, 3.63) is 83.5 Å². The smallest absolute Gasteiger partial charge is 0.319 e. The van der Waals surface area contributed by atoms with E-state index in [1.807, 2.05) is 54.7 Å². The van der Waals surface area contributed by atoms with Crippen LogP contribution in [0.4, 0.5) is 10.2 Å². The number of aromatic nitrogens is 4. The van der Waals surface area contributed by atoms with Crippen molar-refractivity contribution in [2.24, 2.45) is 11.8 Å². The number of rotatable bonds is 6. The zero-order chi connectivity index (χ0) is 26.3. The molecule has 4 heterocycles. The second kappa shape index (κ2) is 10.0. The number of hydrogen-bond donors (Lipinski definition) is 0. The average Bonchev–Trinajstić information content (AvgIpc) is 3.30. The monoisotopic (exact) mass is 539 g/mol. The molecule has 6 nitrogen and oxygen atoms in total. The molecule has 2 unspecified atom stereocenters. The average molecular weight is 540 g/mol. The lowest BCUT2D eigenvalue weighted by Crippen LogP contribution is -2.37. The van der Waals surface area contributed by atoms with Crippen molar-refractivity contribution < 1.29 is 9.13 Å². The summed E-state index contributed by atoms with van der Waals surface area (Å²) in [5, 5.41) is 2.84. The van der Waals surface area contributed by atoms with Crippen LogP contribution in [0.15, 0.2) is 67.1 Å². The third-order valence-electron chi connectivity index (χ3n) is 8.00. The number of halogens is 2. The molecule has 2 atom stereocenters. The summed E-state index contributed by atoms with van der Waals surface area (Å²) in [4.78, 5) is 20.5. The maximum absolute atomic E-state index is 16.4. The van der Waals surface area contributed by atoms with E-state index in [1.54, 1.807) is 12.4 Å². The maximum Gasteiger partial charge on any atom is 0.319 e. The summed E-state index contributed by atoms with van der Waals surface area (Å²) in [7, 11) is 0. The molecule has 0 spiro atoms. The molecule has 1 aliphatic carbocycles. The van der Waals surface area contributed by atoms with Crippen LogP contribution in [0.25, 0.3) is 32.9 Å². The van der Waals surface area contributed by atoms with Crippen LogP contribution in [-0.4, -0.2) is 39.6 Å². The van der Waals surface area contributed by atoms with Crippen LogP contribution < -0.4 is 9.64 Å². The maximum atomic E-state index is 16.4. The fourth-order valence-electron chi connectivity index (χ4n) is 6.19. The standard InChI is InChI=1S/C31H27ClFN5O/c32-25-8-2-6-22-5-1-7-23(26(22)25)28-27(33)29-24(16-35-28)30(38-17-20-9-10-21(14-20)18-38)37-31(36-29)39-13-11-19-4-3-12-34-15-19/h1-8,12,15-16,20-21H,9-11,13-14,17-18H2. The van der Waals surface area contributed by atoms with Crippen LogP contribution in [0.2, 0.25) is 5.02 Å². The quantitative estimate of drug-likeness (QED) is 0.234. The van der Waals surface area contributed by atoms with Crippen LogP contribution in [-0.2, 0) is 6.42 Å². The Balaban J connectivity index is 1.33. The van der Waals surface area contributed by atoms with Gasteiger partial charge in [-0.25, -0.2) is 4.39 Å². The number of pyridine rings is 2. The summed E-state index contributed by atoms with van der Waals surface area (Å²) in [6, 6.07) is 15.4. The number of benzene rings is 2. The van der Waals surface area contributed by atoms with Crippen molar-refractivity contribution in [1.29, 1.82) is 0 Å². The zero-order valence-corrected chi connectivity index (χ0v) is 22.1. The highest BCUT2D eigenvalue weighted by molar-refractivity contribution is 6.36. The molecular formula is C31H27ClFN5O. The van der Waals surface area contributed by atoms with Gasteiger partial charge < -0.3 is 9.64 Å². The van der Waals surface area contributed by atoms with Crippen LogP contribution >= 0.6 is 11.6 Å². The molecule has 7 rings (SSSR count). The second-order valence-electron chi connectivity index (χ2n) is 10.6. The summed E-state index contributed by atoms with van der Waals surface area (Å²) in [5.41, 5.74) is 2.11. The third-order valence-corrected chi connectivity index (χ3v) is 8.32. The number of piperidine rings is 1. The number of fused-ring (bicyclic) bond motifs is 4. The van der Waals surface area contributed by atoms with Crippen molar-refractivity contribution in [3.8, 4) is 17.3 Å². The first-order chi connectivity index (χ1) is 19.1. The van der Waals surface area contributed by atoms with Crippen LogP contribution in [0.1, 0.15) is 24.8 Å². The fraction of sp³-hybridized carbons (Fsp3) is 0.290. The van der Waals surface area contributed by atoms with E-state index in [1.165, 1.54) is 19.3 Å². The lowest BCUT2D eigenvalue weighted by Gasteiger charge is -2.33. The highest BCUT2D eigenvalue weighted by Gasteiger charge is 2.34. The van der Waals surface area contributed by atoms with Gasteiger partial charge in [-0.15, -0.1) is 0 Å². The minimum atomic E-state index is -0.499. The zero-order valence-electron chi connectivity index (χ0n) is 21.4. The lowest BCUT2D eigenvalue weighted by molar-refractivity contribution is 0.296. The molecule has 2 fully saturated rings. The minimum absolute atomic E-state index is 0.173. The van der Waals surface area contributed by atoms with Crippen LogP contribution in [0.5, 0.6) is 6.01 Å². The Kier molecular flexibility index (Phi) is 6.24. The number of anilines is 1. The van der Waals surface area contributed by atoms with Gasteiger partial charge in [-0.3, -0.25) is 9.97 Å². The van der Waals surface area contributed by atoms with E-state index in [9.17, 15) is 0 Å². The molecule has 1 saturated heterocycles. The topological polar surface area (TPSA) is 64.0 Å². The molecule has 0 N–H and O–H groups in total. The van der Waals surface area contributed by atoms with E-state index >= 15 is 4.39 Å². The van der Waals surface area contributed by atoms with Crippen molar-refractivity contribution in [2.75, 3.05) is 24.6 Å². The molecule has 2 aromatic carbocycles. The summed E-state index contributed by atoms with van der Waals surface area (Å²) in [6.07, 6.45) is 9.63. The first kappa shape index (κ1) is 24.2. The summed E-state index contributed by atoms with van der Waals surface area (Å²) in [5.74, 6) is 1.47. The highest BCUT2D eigenvalue weighted by Crippen LogP contribution is 2.41. The molecule has 3 aromatic heterocycles. The summed E-state index contributed by atoms with van der Waals surface area (Å²) < 4.78 is 22.4. The molecule has 2 aliphatic rings. The van der Waals surface area contributed by atoms with Gasteiger partial charge in [0.1, 0.15) is 17.0 Å². The Hall–Kier alpha value is -3.84. The van der Waals surface area contributed by atoms with Crippen molar-refractivity contribution >= 4 is 39.1 Å². The Bertz CT molecular complexity index is 1660. The van der Waals surface area contributed by atoms with Gasteiger partial charge in [0.2, 0.25) is 0 Å².